The molecule has 1 atom stereocenters. The van der Waals surface area contributed by atoms with Gasteiger partial charge in [-0.15, -0.1) is 5.73 Å². The average Bonchev–Trinajstić information content (AvgIpc) is 3.21. The lowest BCUT2D eigenvalue weighted by Crippen LogP contribution is -2.12. The summed E-state index contributed by atoms with van der Waals surface area (Å²) in [6, 6.07) is 5.92. The smallest absolute Gasteiger partial charge is 0.305 e. The van der Waals surface area contributed by atoms with Gasteiger partial charge in [0.15, 0.2) is 0 Å². The van der Waals surface area contributed by atoms with Crippen molar-refractivity contribution >= 4 is 11.9 Å². The fourth-order valence-corrected chi connectivity index (χ4v) is 6.20. The number of allylic oxidation sites excluding steroid dienone is 9. The Balaban J connectivity index is 2.21. The number of rotatable bonds is 38. The standard InChI is InChI=1S/C52H83NO6/c1-6-8-10-12-14-16-18-20-21-22-24-26-28-30-32-36-51(54)58-41-33-39-56-49-43-48(46-53(4)5)44-50(45-49)57-40-34-42-59-52(55)38-37-47(3)35-31-29-27-25-23-19-17-15-13-11-9-7-2/h14-17,20-21,23,27,29,31,43-45,47H,6-13,18-19,22,24,26,28,30,32-42,46H2,1-5H3/b16-14-,17-15-,21-20-,31-29+. The number of unbranched alkanes of at least 4 members (excludes halogenated alkanes) is 11. The van der Waals surface area contributed by atoms with E-state index in [1.54, 1.807) is 0 Å². The number of hydrogen-bond donors (Lipinski definition) is 0. The van der Waals surface area contributed by atoms with E-state index in [2.05, 4.69) is 73.9 Å². The third kappa shape index (κ3) is 35.8. The van der Waals surface area contributed by atoms with E-state index in [4.69, 9.17) is 18.9 Å². The van der Waals surface area contributed by atoms with Crippen molar-refractivity contribution in [2.24, 2.45) is 5.92 Å². The SMILES string of the molecule is CCCCC/C=C\CC=C=C/C=C/CC(C)CCC(=O)OCCCOc1cc(CN(C)C)cc(OCCCOC(=O)CCCCCCC/C=C\C/C=C\CCCCC)c1. The molecule has 0 spiro atoms. The predicted molar refractivity (Wildman–Crippen MR) is 248 cm³/mol. The highest BCUT2D eigenvalue weighted by Gasteiger charge is 2.09. The zero-order valence-corrected chi connectivity index (χ0v) is 38.1. The van der Waals surface area contributed by atoms with Gasteiger partial charge in [-0.25, -0.2) is 0 Å². The maximum atomic E-state index is 12.3. The van der Waals surface area contributed by atoms with Crippen LogP contribution in [-0.2, 0) is 25.6 Å². The number of hydrogen-bond acceptors (Lipinski definition) is 7. The van der Waals surface area contributed by atoms with Gasteiger partial charge in [0, 0.05) is 38.3 Å². The maximum Gasteiger partial charge on any atom is 0.305 e. The van der Waals surface area contributed by atoms with Crippen LogP contribution in [0.15, 0.2) is 84.7 Å². The summed E-state index contributed by atoms with van der Waals surface area (Å²) in [6.45, 7) is 8.92. The minimum atomic E-state index is -0.165. The lowest BCUT2D eigenvalue weighted by atomic mass is 10.0. The lowest BCUT2D eigenvalue weighted by molar-refractivity contribution is -0.145. The number of carbonyl (C=O) groups excluding carboxylic acids is 2. The van der Waals surface area contributed by atoms with Crippen LogP contribution in [0.5, 0.6) is 11.5 Å². The molecule has 332 valence electrons. The van der Waals surface area contributed by atoms with Gasteiger partial charge in [0.05, 0.1) is 26.4 Å². The maximum absolute atomic E-state index is 12.3. The molecule has 0 aliphatic carbocycles. The molecular formula is C52H83NO6. The normalized spacial score (nSPS) is 12.2. The van der Waals surface area contributed by atoms with Gasteiger partial charge in [-0.3, -0.25) is 9.59 Å². The molecule has 0 saturated heterocycles. The summed E-state index contributed by atoms with van der Waals surface area (Å²) >= 11 is 0. The second-order valence-electron chi connectivity index (χ2n) is 15.9. The van der Waals surface area contributed by atoms with Crippen molar-refractivity contribution in [3.05, 3.63) is 90.3 Å². The van der Waals surface area contributed by atoms with Crippen LogP contribution in [0.3, 0.4) is 0 Å². The first-order valence-corrected chi connectivity index (χ1v) is 23.2. The Morgan fingerprint density at radius 2 is 1.17 bits per heavy atom. The summed E-state index contributed by atoms with van der Waals surface area (Å²) in [4.78, 5) is 26.6. The predicted octanol–water partition coefficient (Wildman–Crippen LogP) is 13.8. The monoisotopic (exact) mass is 818 g/mol. The zero-order valence-electron chi connectivity index (χ0n) is 38.1. The summed E-state index contributed by atoms with van der Waals surface area (Å²) in [6.07, 6.45) is 44.3. The first-order chi connectivity index (χ1) is 28.8. The van der Waals surface area contributed by atoms with Crippen molar-refractivity contribution in [3.63, 3.8) is 0 Å². The van der Waals surface area contributed by atoms with Gasteiger partial charge in [-0.05, 0) is 120 Å². The molecule has 0 bridgehead atoms. The molecule has 0 aliphatic rings. The second kappa shape index (κ2) is 39.6. The zero-order chi connectivity index (χ0) is 42.9. The number of ether oxygens (including phenoxy) is 4. The van der Waals surface area contributed by atoms with Crippen molar-refractivity contribution in [3.8, 4) is 11.5 Å². The van der Waals surface area contributed by atoms with E-state index in [1.807, 2.05) is 50.5 Å². The Bertz CT molecular complexity index is 1370. The molecule has 0 fully saturated rings. The van der Waals surface area contributed by atoms with E-state index in [0.717, 1.165) is 81.4 Å². The highest BCUT2D eigenvalue weighted by atomic mass is 16.5. The van der Waals surface area contributed by atoms with Crippen LogP contribution in [-0.4, -0.2) is 57.4 Å². The summed E-state index contributed by atoms with van der Waals surface area (Å²) in [7, 11) is 4.05. The average molecular weight is 818 g/mol. The molecule has 0 aliphatic heterocycles. The van der Waals surface area contributed by atoms with Crippen LogP contribution in [0.25, 0.3) is 0 Å². The van der Waals surface area contributed by atoms with Crippen molar-refractivity contribution < 1.29 is 28.5 Å². The molecular weight excluding hydrogens is 735 g/mol. The van der Waals surface area contributed by atoms with E-state index in [9.17, 15) is 9.59 Å². The number of carbonyl (C=O) groups is 2. The minimum Gasteiger partial charge on any atom is -0.493 e. The molecule has 7 heteroatoms. The van der Waals surface area contributed by atoms with Crippen LogP contribution in [0, 0.1) is 5.92 Å². The highest BCUT2D eigenvalue weighted by molar-refractivity contribution is 5.69. The summed E-state index contributed by atoms with van der Waals surface area (Å²) in [5.41, 5.74) is 4.28. The van der Waals surface area contributed by atoms with E-state index in [0.29, 0.717) is 58.0 Å². The molecule has 0 N–H and O–H groups in total. The summed E-state index contributed by atoms with van der Waals surface area (Å²) in [5, 5.41) is 0. The third-order valence-electron chi connectivity index (χ3n) is 9.63. The first kappa shape index (κ1) is 53.2. The van der Waals surface area contributed by atoms with E-state index >= 15 is 0 Å². The molecule has 1 aromatic rings. The van der Waals surface area contributed by atoms with Crippen LogP contribution in [0.4, 0.5) is 0 Å². The Morgan fingerprint density at radius 1 is 0.627 bits per heavy atom. The number of nitrogens with zero attached hydrogens (tertiary/aromatic N) is 1. The van der Waals surface area contributed by atoms with Crippen molar-refractivity contribution in [1.29, 1.82) is 0 Å². The van der Waals surface area contributed by atoms with E-state index in [-0.39, 0.29) is 11.9 Å². The molecule has 0 amide bonds. The molecule has 1 unspecified atom stereocenters. The summed E-state index contributed by atoms with van der Waals surface area (Å²) in [5.74, 6) is 1.55. The van der Waals surface area contributed by atoms with Crippen LogP contribution in [0.2, 0.25) is 0 Å². The molecule has 0 aromatic heterocycles. The topological polar surface area (TPSA) is 74.3 Å². The van der Waals surface area contributed by atoms with Crippen molar-refractivity contribution in [2.75, 3.05) is 40.5 Å². The van der Waals surface area contributed by atoms with Crippen molar-refractivity contribution in [2.45, 2.75) is 169 Å². The highest BCUT2D eigenvalue weighted by Crippen LogP contribution is 2.24. The van der Waals surface area contributed by atoms with Gasteiger partial charge in [0.25, 0.3) is 0 Å². The Labute approximate surface area is 361 Å². The number of esters is 2. The lowest BCUT2D eigenvalue weighted by Gasteiger charge is -2.15. The van der Waals surface area contributed by atoms with Gasteiger partial charge in [0.1, 0.15) is 11.5 Å². The first-order valence-electron chi connectivity index (χ1n) is 23.2. The van der Waals surface area contributed by atoms with E-state index in [1.165, 1.54) is 57.8 Å². The molecule has 1 aromatic carbocycles. The third-order valence-corrected chi connectivity index (χ3v) is 9.63. The summed E-state index contributed by atoms with van der Waals surface area (Å²) < 4.78 is 23.0. The largest absolute Gasteiger partial charge is 0.493 e. The number of benzene rings is 1. The van der Waals surface area contributed by atoms with Gasteiger partial charge in [-0.1, -0.05) is 114 Å². The molecule has 1 rings (SSSR count). The van der Waals surface area contributed by atoms with Crippen molar-refractivity contribution in [1.82, 2.24) is 4.90 Å². The van der Waals surface area contributed by atoms with Crippen LogP contribution < -0.4 is 9.47 Å². The molecule has 59 heavy (non-hydrogen) atoms. The van der Waals surface area contributed by atoms with Gasteiger partial charge < -0.3 is 23.8 Å². The quantitative estimate of drug-likeness (QED) is 0.0216. The van der Waals surface area contributed by atoms with E-state index < -0.39 is 0 Å². The van der Waals surface area contributed by atoms with Gasteiger partial charge in [0.2, 0.25) is 0 Å². The molecule has 0 heterocycles. The Hall–Kier alpha value is -3.80. The van der Waals surface area contributed by atoms with Crippen LogP contribution in [0.1, 0.15) is 168 Å². The molecule has 0 radical (unpaired) electrons. The molecule has 7 nitrogen and oxygen atoms in total. The molecule has 0 saturated carbocycles. The van der Waals surface area contributed by atoms with Gasteiger partial charge >= 0.3 is 11.9 Å². The fourth-order valence-electron chi connectivity index (χ4n) is 6.20. The second-order valence-corrected chi connectivity index (χ2v) is 15.9. The fraction of sp³-hybridized carbons (Fsp3) is 0.635. The Morgan fingerprint density at radius 3 is 1.76 bits per heavy atom. The Kier molecular flexibility index (Phi) is 35.8. The minimum absolute atomic E-state index is 0.128. The van der Waals surface area contributed by atoms with Gasteiger partial charge in [-0.2, -0.15) is 0 Å². The van der Waals surface area contributed by atoms with Crippen LogP contribution >= 0.6 is 0 Å².